The molecule has 0 saturated heterocycles. The highest BCUT2D eigenvalue weighted by atomic mass is 28.2. The van der Waals surface area contributed by atoms with Gasteiger partial charge in [-0.2, -0.15) is 0 Å². The summed E-state index contributed by atoms with van der Waals surface area (Å²) in [6.45, 7) is 4.21. The van der Waals surface area contributed by atoms with Gasteiger partial charge in [0.15, 0.2) is 11.6 Å². The Balaban J connectivity index is 2.68. The lowest BCUT2D eigenvalue weighted by Gasteiger charge is -2.31. The van der Waals surface area contributed by atoms with Gasteiger partial charge in [-0.05, 0) is 43.4 Å². The van der Waals surface area contributed by atoms with Gasteiger partial charge in [0.2, 0.25) is 0 Å². The first-order valence-corrected chi connectivity index (χ1v) is 6.87. The molecule has 0 N–H and O–H groups in total. The molecule has 0 aliphatic carbocycles. The molecule has 0 fully saturated rings. The van der Waals surface area contributed by atoms with Crippen molar-refractivity contribution in [1.29, 1.82) is 0 Å². The van der Waals surface area contributed by atoms with Crippen LogP contribution in [0.3, 0.4) is 0 Å². The molecule has 0 bridgehead atoms. The summed E-state index contributed by atoms with van der Waals surface area (Å²) in [7, 11) is 0.705. The van der Waals surface area contributed by atoms with Crippen molar-refractivity contribution in [1.82, 2.24) is 0 Å². The molecule has 0 amide bonds. The van der Waals surface area contributed by atoms with E-state index in [-0.39, 0.29) is 5.60 Å². The van der Waals surface area contributed by atoms with Gasteiger partial charge >= 0.3 is 0 Å². The lowest BCUT2D eigenvalue weighted by molar-refractivity contribution is 0.0616. The largest absolute Gasteiger partial charge is 0.422 e. The minimum absolute atomic E-state index is 0.0862. The number of hydrogen-bond donors (Lipinski definition) is 0. The van der Waals surface area contributed by atoms with E-state index in [4.69, 9.17) is 4.43 Å². The molecule has 0 radical (unpaired) electrons. The molecule has 1 aromatic rings. The van der Waals surface area contributed by atoms with Crippen molar-refractivity contribution in [2.75, 3.05) is 0 Å². The second-order valence-electron chi connectivity index (χ2n) is 4.34. The van der Waals surface area contributed by atoms with E-state index in [0.29, 0.717) is 10.5 Å². The Morgan fingerprint density at radius 3 is 2.29 bits per heavy atom. The van der Waals surface area contributed by atoms with Gasteiger partial charge in [-0.25, -0.2) is 8.78 Å². The summed E-state index contributed by atoms with van der Waals surface area (Å²) >= 11 is 0. The van der Waals surface area contributed by atoms with E-state index < -0.39 is 11.6 Å². The average molecular weight is 258 g/mol. The van der Waals surface area contributed by atoms with Crippen LogP contribution in [0.2, 0.25) is 0 Å². The highest BCUT2D eigenvalue weighted by molar-refractivity contribution is 5.98. The zero-order chi connectivity index (χ0) is 12.9. The highest BCUT2D eigenvalue weighted by Crippen LogP contribution is 2.25. The van der Waals surface area contributed by atoms with Crippen LogP contribution in [0.1, 0.15) is 38.7 Å². The second-order valence-corrected chi connectivity index (χ2v) is 4.75. The smallest absolute Gasteiger partial charge is 0.159 e. The molecule has 0 aliphatic heterocycles. The Hall–Kier alpha value is -0.743. The van der Waals surface area contributed by atoms with Gasteiger partial charge in [0.1, 0.15) is 10.5 Å². The van der Waals surface area contributed by atoms with Crippen molar-refractivity contribution >= 4 is 10.5 Å². The molecular weight excluding hydrogens is 238 g/mol. The van der Waals surface area contributed by atoms with Crippen molar-refractivity contribution in [3.8, 4) is 0 Å². The Labute approximate surface area is 105 Å². The van der Waals surface area contributed by atoms with Crippen molar-refractivity contribution in [2.24, 2.45) is 0 Å². The van der Waals surface area contributed by atoms with E-state index >= 15 is 0 Å². The van der Waals surface area contributed by atoms with Gasteiger partial charge in [0.25, 0.3) is 0 Å². The summed E-state index contributed by atoms with van der Waals surface area (Å²) in [4.78, 5) is 0. The molecule has 0 saturated carbocycles. The van der Waals surface area contributed by atoms with E-state index in [0.717, 1.165) is 31.2 Å². The third-order valence-corrected chi connectivity index (χ3v) is 4.44. The molecule has 0 spiro atoms. The average Bonchev–Trinajstić information content (AvgIpc) is 2.36. The first kappa shape index (κ1) is 14.3. The van der Waals surface area contributed by atoms with Gasteiger partial charge in [0.05, 0.1) is 5.60 Å². The third-order valence-electron chi connectivity index (χ3n) is 3.57. The fraction of sp³-hybridized carbons (Fsp3) is 0.538. The Bertz CT molecular complexity index is 356. The van der Waals surface area contributed by atoms with E-state index in [2.05, 4.69) is 13.8 Å². The third kappa shape index (κ3) is 3.61. The number of rotatable bonds is 6. The number of aryl methyl sites for hydroxylation is 1. The molecule has 0 aromatic heterocycles. The minimum atomic E-state index is -0.787. The highest BCUT2D eigenvalue weighted by Gasteiger charge is 2.24. The standard InChI is InChI=1S/C13H20F2OSi/c1-3-13(4-2,16-17)8-7-10-5-6-11(14)12(15)9-10/h5-6,9H,3-4,7-8H2,1-2,17H3. The molecule has 17 heavy (non-hydrogen) atoms. The predicted molar refractivity (Wildman–Crippen MR) is 69.0 cm³/mol. The fourth-order valence-electron chi connectivity index (χ4n) is 2.06. The van der Waals surface area contributed by atoms with Crippen LogP contribution < -0.4 is 0 Å². The van der Waals surface area contributed by atoms with E-state index in [1.54, 1.807) is 6.07 Å². The molecule has 0 unspecified atom stereocenters. The van der Waals surface area contributed by atoms with Gasteiger partial charge in [0, 0.05) is 0 Å². The molecule has 1 rings (SSSR count). The van der Waals surface area contributed by atoms with Crippen LogP contribution in [0.25, 0.3) is 0 Å². The van der Waals surface area contributed by atoms with Crippen LogP contribution in [0.15, 0.2) is 18.2 Å². The Morgan fingerprint density at radius 1 is 1.18 bits per heavy atom. The van der Waals surface area contributed by atoms with E-state index in [9.17, 15) is 8.78 Å². The van der Waals surface area contributed by atoms with E-state index in [1.165, 1.54) is 12.1 Å². The zero-order valence-electron chi connectivity index (χ0n) is 10.7. The molecule has 0 heterocycles. The van der Waals surface area contributed by atoms with Crippen molar-refractivity contribution in [3.63, 3.8) is 0 Å². The van der Waals surface area contributed by atoms with Crippen LogP contribution >= 0.6 is 0 Å². The minimum Gasteiger partial charge on any atom is -0.422 e. The lowest BCUT2D eigenvalue weighted by Crippen LogP contribution is -2.30. The summed E-state index contributed by atoms with van der Waals surface area (Å²) < 4.78 is 31.5. The maximum atomic E-state index is 13.0. The van der Waals surface area contributed by atoms with Crippen LogP contribution in [0.5, 0.6) is 0 Å². The summed E-state index contributed by atoms with van der Waals surface area (Å²) in [5.74, 6) is -1.56. The van der Waals surface area contributed by atoms with Crippen LogP contribution in [-0.4, -0.2) is 16.1 Å². The molecule has 0 aliphatic rings. The monoisotopic (exact) mass is 258 g/mol. The fourth-order valence-corrected chi connectivity index (χ4v) is 2.84. The summed E-state index contributed by atoms with van der Waals surface area (Å²) in [5.41, 5.74) is 0.741. The molecule has 1 nitrogen and oxygen atoms in total. The molecule has 1 aromatic carbocycles. The molecule has 96 valence electrons. The van der Waals surface area contributed by atoms with Crippen molar-refractivity contribution < 1.29 is 13.2 Å². The normalized spacial score (nSPS) is 12.0. The zero-order valence-corrected chi connectivity index (χ0v) is 12.7. The first-order chi connectivity index (χ1) is 8.06. The summed E-state index contributed by atoms with van der Waals surface area (Å²) in [5, 5.41) is 0. The maximum Gasteiger partial charge on any atom is 0.159 e. The predicted octanol–water partition coefficient (Wildman–Crippen LogP) is 2.75. The van der Waals surface area contributed by atoms with Gasteiger partial charge in [-0.3, -0.25) is 0 Å². The van der Waals surface area contributed by atoms with Gasteiger partial charge in [-0.1, -0.05) is 19.9 Å². The Morgan fingerprint density at radius 2 is 1.82 bits per heavy atom. The summed E-state index contributed by atoms with van der Waals surface area (Å²) in [6, 6.07) is 4.10. The quantitative estimate of drug-likeness (QED) is 0.713. The number of hydrogen-bond acceptors (Lipinski definition) is 1. The molecular formula is C13H20F2OSi. The first-order valence-electron chi connectivity index (χ1n) is 6.06. The van der Waals surface area contributed by atoms with Crippen molar-refractivity contribution in [3.05, 3.63) is 35.4 Å². The number of benzene rings is 1. The van der Waals surface area contributed by atoms with Crippen molar-refractivity contribution in [2.45, 2.75) is 45.1 Å². The second kappa shape index (κ2) is 6.26. The van der Waals surface area contributed by atoms with Crippen LogP contribution in [0.4, 0.5) is 8.78 Å². The number of halogens is 2. The van der Waals surface area contributed by atoms with Crippen LogP contribution in [-0.2, 0) is 10.8 Å². The van der Waals surface area contributed by atoms with Crippen LogP contribution in [0, 0.1) is 11.6 Å². The van der Waals surface area contributed by atoms with Gasteiger partial charge in [-0.15, -0.1) is 0 Å². The molecule has 0 atom stereocenters. The van der Waals surface area contributed by atoms with E-state index in [1.807, 2.05) is 0 Å². The maximum absolute atomic E-state index is 13.0. The lowest BCUT2D eigenvalue weighted by atomic mass is 9.90. The SMILES string of the molecule is CCC(CC)(CCc1ccc(F)c(F)c1)O[SiH3]. The topological polar surface area (TPSA) is 9.23 Å². The summed E-state index contributed by atoms with van der Waals surface area (Å²) in [6.07, 6.45) is 3.49. The molecule has 4 heteroatoms. The van der Waals surface area contributed by atoms with Gasteiger partial charge < -0.3 is 4.43 Å². The Kier molecular flexibility index (Phi) is 5.27.